The lowest BCUT2D eigenvalue weighted by Crippen LogP contribution is -2.56. The number of fused-ring (bicyclic) bond motifs is 2. The zero-order valence-corrected chi connectivity index (χ0v) is 21.9. The highest BCUT2D eigenvalue weighted by atomic mass is 16.2. The third-order valence-corrected chi connectivity index (χ3v) is 7.29. The number of aromatic nitrogens is 5. The molecule has 4 aromatic rings. The minimum absolute atomic E-state index is 0.0583. The van der Waals surface area contributed by atoms with Gasteiger partial charge < -0.3 is 14.8 Å². The summed E-state index contributed by atoms with van der Waals surface area (Å²) in [4.78, 5) is 30.0. The molecule has 1 fully saturated rings. The first-order chi connectivity index (χ1) is 17.2. The van der Waals surface area contributed by atoms with E-state index in [4.69, 9.17) is 10.8 Å². The Hall–Kier alpha value is -3.50. The largest absolute Gasteiger partial charge is 0.353 e. The Morgan fingerprint density at radius 2 is 2.03 bits per heavy atom. The van der Waals surface area contributed by atoms with E-state index in [1.807, 2.05) is 9.42 Å². The maximum atomic E-state index is 12.6. The highest BCUT2D eigenvalue weighted by Gasteiger charge is 2.29. The molecule has 1 aliphatic heterocycles. The molecule has 0 bridgehead atoms. The van der Waals surface area contributed by atoms with Crippen LogP contribution >= 0.6 is 0 Å². The minimum atomic E-state index is 0.0583. The number of anilines is 1. The number of nitrogens with one attached hydrogen (secondary N) is 1. The van der Waals surface area contributed by atoms with Gasteiger partial charge in [-0.05, 0) is 49.9 Å². The van der Waals surface area contributed by atoms with E-state index < -0.39 is 0 Å². The van der Waals surface area contributed by atoms with Crippen LogP contribution in [0.15, 0.2) is 24.7 Å². The van der Waals surface area contributed by atoms with Crippen molar-refractivity contribution in [2.75, 3.05) is 38.1 Å². The highest BCUT2D eigenvalue weighted by molar-refractivity contribution is 5.90. The quantitative estimate of drug-likeness (QED) is 0.327. The predicted molar refractivity (Wildman–Crippen MR) is 142 cm³/mol. The first-order valence-corrected chi connectivity index (χ1v) is 12.5. The van der Waals surface area contributed by atoms with Crippen LogP contribution in [0.5, 0.6) is 0 Å². The van der Waals surface area contributed by atoms with Crippen molar-refractivity contribution in [3.8, 4) is 11.3 Å². The van der Waals surface area contributed by atoms with Crippen LogP contribution in [0.2, 0.25) is 0 Å². The lowest BCUT2D eigenvalue weighted by atomic mass is 9.95. The van der Waals surface area contributed by atoms with Gasteiger partial charge in [-0.25, -0.2) is 19.5 Å². The van der Waals surface area contributed by atoms with Gasteiger partial charge in [0, 0.05) is 50.0 Å². The summed E-state index contributed by atoms with van der Waals surface area (Å²) >= 11 is 0. The van der Waals surface area contributed by atoms with Crippen LogP contribution in [-0.2, 0) is 4.79 Å². The minimum Gasteiger partial charge on any atom is -0.353 e. The highest BCUT2D eigenvalue weighted by Crippen LogP contribution is 2.38. The Kier molecular flexibility index (Phi) is 6.17. The van der Waals surface area contributed by atoms with Gasteiger partial charge in [0.1, 0.15) is 12.1 Å². The first kappa shape index (κ1) is 24.2. The fourth-order valence-corrected chi connectivity index (χ4v) is 5.32. The summed E-state index contributed by atoms with van der Waals surface area (Å²) in [6.07, 6.45) is 3.65. The maximum Gasteiger partial charge on any atom is 0.238 e. The van der Waals surface area contributed by atoms with E-state index in [0.29, 0.717) is 6.54 Å². The summed E-state index contributed by atoms with van der Waals surface area (Å²) < 4.78 is 1.84. The number of carbonyl (C=O) groups excluding carboxylic acids is 1. The fraction of sp³-hybridized carbons (Fsp3) is 0.462. The number of likely N-dealkylation sites (N-methyl/N-ethyl adjacent to an activating group) is 1. The zero-order valence-electron chi connectivity index (χ0n) is 21.9. The maximum absolute atomic E-state index is 12.6. The molecular formula is C26H35N9O. The summed E-state index contributed by atoms with van der Waals surface area (Å²) in [5, 5.41) is 5.81. The molecule has 0 unspecified atom stereocenters. The van der Waals surface area contributed by atoms with Gasteiger partial charge in [0.2, 0.25) is 5.91 Å². The average molecular weight is 490 g/mol. The van der Waals surface area contributed by atoms with Gasteiger partial charge >= 0.3 is 0 Å². The van der Waals surface area contributed by atoms with Crippen LogP contribution in [-0.4, -0.2) is 79.7 Å². The number of nitrogens with zero attached hydrogens (tertiary/aromatic N) is 7. The molecule has 5 heterocycles. The van der Waals surface area contributed by atoms with Crippen molar-refractivity contribution in [1.29, 1.82) is 0 Å². The summed E-state index contributed by atoms with van der Waals surface area (Å²) in [5.74, 6) is 6.95. The second-order valence-electron chi connectivity index (χ2n) is 10.3. The van der Waals surface area contributed by atoms with Crippen molar-refractivity contribution in [3.05, 3.63) is 41.3 Å². The molecule has 1 saturated heterocycles. The molecule has 1 amide bonds. The number of aromatic amines is 1. The van der Waals surface area contributed by atoms with Crippen LogP contribution in [0.1, 0.15) is 43.4 Å². The number of hydrogen-bond donors (Lipinski definition) is 2. The molecule has 36 heavy (non-hydrogen) atoms. The number of amides is 1. The van der Waals surface area contributed by atoms with Gasteiger partial charge in [0.25, 0.3) is 0 Å². The number of rotatable bonds is 5. The van der Waals surface area contributed by atoms with Gasteiger partial charge in [-0.3, -0.25) is 10.6 Å². The van der Waals surface area contributed by atoms with Crippen molar-refractivity contribution < 1.29 is 4.79 Å². The Balaban J connectivity index is 1.52. The number of pyridine rings is 2. The number of piperazine rings is 1. The second kappa shape index (κ2) is 9.18. The van der Waals surface area contributed by atoms with Crippen LogP contribution in [0, 0.1) is 13.8 Å². The fourth-order valence-electron chi connectivity index (χ4n) is 5.32. The summed E-state index contributed by atoms with van der Waals surface area (Å²) in [7, 11) is 1.71. The molecule has 5 rings (SSSR count). The average Bonchev–Trinajstić information content (AvgIpc) is 3.44. The predicted octanol–water partition coefficient (Wildman–Crippen LogP) is 2.86. The lowest BCUT2D eigenvalue weighted by Gasteiger charge is -2.40. The van der Waals surface area contributed by atoms with Gasteiger partial charge in [0.15, 0.2) is 5.65 Å². The molecule has 10 heteroatoms. The molecule has 0 aromatic carbocycles. The summed E-state index contributed by atoms with van der Waals surface area (Å²) in [5.41, 5.74) is 8.57. The molecular weight excluding hydrogens is 454 g/mol. The second-order valence-corrected chi connectivity index (χ2v) is 10.3. The molecule has 1 atom stereocenters. The topological polar surface area (TPSA) is 112 Å². The standard InChI is InChI=1S/C26H35N9O/c1-15(2)23-24(19-12-35-26(28-14-29-35)18(5)17(19)4)30-20-7-8-21(31-25(20)23)33-9-10-34(16(3)11-33)22(36)13-32(6)27/h7-8,12,14-16,30H,9-11,13,27H2,1-6H3/t16-/m1/s1. The molecule has 0 radical (unpaired) electrons. The number of H-pyrrole nitrogens is 1. The Morgan fingerprint density at radius 3 is 2.72 bits per heavy atom. The SMILES string of the molecule is Cc1c(-c2[nH]c3ccc(N4CCN(C(=O)CN(C)N)[C@H](C)C4)nc3c2C(C)C)cn2ncnc2c1C. The smallest absolute Gasteiger partial charge is 0.238 e. The van der Waals surface area contributed by atoms with Gasteiger partial charge in [-0.2, -0.15) is 5.10 Å². The summed E-state index contributed by atoms with van der Waals surface area (Å²) in [6.45, 7) is 13.1. The van der Waals surface area contributed by atoms with E-state index in [0.717, 1.165) is 52.4 Å². The van der Waals surface area contributed by atoms with Gasteiger partial charge in [-0.1, -0.05) is 13.8 Å². The van der Waals surface area contributed by atoms with E-state index >= 15 is 0 Å². The van der Waals surface area contributed by atoms with Crippen molar-refractivity contribution in [3.63, 3.8) is 0 Å². The van der Waals surface area contributed by atoms with Crippen molar-refractivity contribution >= 4 is 28.4 Å². The van der Waals surface area contributed by atoms with Crippen LogP contribution in [0.4, 0.5) is 5.82 Å². The molecule has 1 aliphatic rings. The molecule has 0 spiro atoms. The van der Waals surface area contributed by atoms with E-state index in [1.165, 1.54) is 16.1 Å². The van der Waals surface area contributed by atoms with Gasteiger partial charge in [0.05, 0.1) is 23.3 Å². The molecule has 0 saturated carbocycles. The van der Waals surface area contributed by atoms with E-state index in [1.54, 1.807) is 13.4 Å². The van der Waals surface area contributed by atoms with Crippen LogP contribution in [0.25, 0.3) is 27.9 Å². The normalized spacial score (nSPS) is 16.8. The van der Waals surface area contributed by atoms with E-state index in [-0.39, 0.29) is 24.4 Å². The van der Waals surface area contributed by atoms with Crippen LogP contribution < -0.4 is 10.7 Å². The number of aryl methyl sites for hydroxylation is 1. The van der Waals surface area contributed by atoms with Crippen molar-refractivity contribution in [2.45, 2.75) is 46.6 Å². The molecule has 10 nitrogen and oxygen atoms in total. The van der Waals surface area contributed by atoms with Crippen molar-refractivity contribution in [1.82, 2.24) is 34.5 Å². The molecule has 3 N–H and O–H groups in total. The van der Waals surface area contributed by atoms with E-state index in [9.17, 15) is 4.79 Å². The summed E-state index contributed by atoms with van der Waals surface area (Å²) in [6, 6.07) is 4.27. The third kappa shape index (κ3) is 4.10. The molecule has 190 valence electrons. The lowest BCUT2D eigenvalue weighted by molar-refractivity contribution is -0.134. The van der Waals surface area contributed by atoms with E-state index in [2.05, 4.69) is 72.9 Å². The van der Waals surface area contributed by atoms with Gasteiger partial charge in [-0.15, -0.1) is 0 Å². The first-order valence-electron chi connectivity index (χ1n) is 12.5. The Labute approximate surface area is 211 Å². The Morgan fingerprint density at radius 1 is 1.25 bits per heavy atom. The van der Waals surface area contributed by atoms with Crippen LogP contribution in [0.3, 0.4) is 0 Å². The number of nitrogens with two attached hydrogens (primary N) is 1. The number of carbonyl (C=O) groups is 1. The number of hydrogen-bond acceptors (Lipinski definition) is 7. The molecule has 0 aliphatic carbocycles. The molecule has 4 aromatic heterocycles. The Bertz CT molecular complexity index is 1430. The monoisotopic (exact) mass is 489 g/mol. The zero-order chi connectivity index (χ0) is 25.7. The number of hydrazine groups is 1. The van der Waals surface area contributed by atoms with Crippen molar-refractivity contribution in [2.24, 2.45) is 5.84 Å². The third-order valence-electron chi connectivity index (χ3n) is 7.29.